The second-order valence-corrected chi connectivity index (χ2v) is 14.3. The summed E-state index contributed by atoms with van der Waals surface area (Å²) in [4.78, 5) is -2.37. The van der Waals surface area contributed by atoms with Crippen molar-refractivity contribution in [1.29, 1.82) is 0 Å². The van der Waals surface area contributed by atoms with E-state index in [9.17, 15) is 0 Å². The van der Waals surface area contributed by atoms with E-state index in [0.29, 0.717) is 0 Å². The Morgan fingerprint density at radius 1 is 0.706 bits per heavy atom. The molecular weight excluding hydrogens is 346 g/mol. The van der Waals surface area contributed by atoms with E-state index in [0.717, 1.165) is 19.6 Å². The molecule has 0 aromatic carbocycles. The number of halogens is 1. The minimum absolute atomic E-state index is 1.05. The molecule has 0 amide bonds. The predicted molar refractivity (Wildman–Crippen MR) is 89.5 cm³/mol. The first-order valence-electron chi connectivity index (χ1n) is 6.28. The molecule has 0 saturated carbocycles. The molecule has 6 heteroatoms. The molecule has 0 rings (SSSR count). The quantitative estimate of drug-likeness (QED) is 0.500. The fourth-order valence-electron chi connectivity index (χ4n) is 2.43. The van der Waals surface area contributed by atoms with Gasteiger partial charge in [-0.3, -0.25) is 0 Å². The third-order valence-corrected chi connectivity index (χ3v) is 18.8. The standard InChI is InChI=1S/C11H30IN4P/c1-9-14(6)17(12,13(4)5,15(7)10-2)16(8)11-3/h9-11H2,1-8H3. The number of hydrogen-bond acceptors (Lipinski definition) is 4. The Morgan fingerprint density at radius 3 is 1.06 bits per heavy atom. The van der Waals surface area contributed by atoms with Crippen molar-refractivity contribution in [1.82, 2.24) is 18.7 Å². The van der Waals surface area contributed by atoms with Crippen molar-refractivity contribution in [3.05, 3.63) is 0 Å². The van der Waals surface area contributed by atoms with Crippen LogP contribution in [-0.4, -0.2) is 73.6 Å². The van der Waals surface area contributed by atoms with Gasteiger partial charge < -0.3 is 0 Å². The van der Waals surface area contributed by atoms with E-state index < -0.39 is 4.85 Å². The van der Waals surface area contributed by atoms with Gasteiger partial charge in [0.05, 0.1) is 0 Å². The van der Waals surface area contributed by atoms with Crippen LogP contribution in [0.3, 0.4) is 0 Å². The Kier molecular flexibility index (Phi) is 6.82. The van der Waals surface area contributed by atoms with Crippen LogP contribution in [0, 0.1) is 0 Å². The third kappa shape index (κ3) is 2.51. The second-order valence-electron chi connectivity index (χ2n) is 4.61. The monoisotopic (exact) mass is 376 g/mol. The van der Waals surface area contributed by atoms with Gasteiger partial charge in [-0.15, -0.1) is 0 Å². The molecule has 0 bridgehead atoms. The molecule has 17 heavy (non-hydrogen) atoms. The summed E-state index contributed by atoms with van der Waals surface area (Å²) in [6.45, 7) is 9.85. The van der Waals surface area contributed by atoms with Crippen molar-refractivity contribution in [2.45, 2.75) is 20.8 Å². The molecule has 0 N–H and O–H groups in total. The van der Waals surface area contributed by atoms with Crippen LogP contribution in [0.15, 0.2) is 0 Å². The van der Waals surface area contributed by atoms with Crippen LogP contribution in [0.4, 0.5) is 0 Å². The average molecular weight is 376 g/mol. The van der Waals surface area contributed by atoms with Crippen molar-refractivity contribution in [2.24, 2.45) is 0 Å². The maximum absolute atomic E-state index is 2.71. The van der Waals surface area contributed by atoms with Gasteiger partial charge in [-0.1, -0.05) is 0 Å². The van der Waals surface area contributed by atoms with Crippen molar-refractivity contribution >= 4 is 26.9 Å². The summed E-state index contributed by atoms with van der Waals surface area (Å²) in [5.74, 6) is 0. The number of rotatable bonds is 7. The fraction of sp³-hybridized carbons (Fsp3) is 1.00. The number of nitrogens with zero attached hydrogens (tertiary/aromatic N) is 4. The summed E-state index contributed by atoms with van der Waals surface area (Å²) in [7, 11) is 11.1. The first-order valence-corrected chi connectivity index (χ1v) is 11.1. The zero-order valence-electron chi connectivity index (χ0n) is 12.7. The van der Waals surface area contributed by atoms with E-state index >= 15 is 0 Å². The van der Waals surface area contributed by atoms with E-state index in [2.05, 4.69) is 96.7 Å². The van der Waals surface area contributed by atoms with Gasteiger partial charge in [0.2, 0.25) is 0 Å². The van der Waals surface area contributed by atoms with Gasteiger partial charge in [0.25, 0.3) is 0 Å². The fourth-order valence-corrected chi connectivity index (χ4v) is 10.0. The van der Waals surface area contributed by atoms with Crippen LogP contribution in [0.2, 0.25) is 0 Å². The molecule has 0 unspecified atom stereocenters. The molecule has 0 aromatic heterocycles. The molecule has 0 fully saturated rings. The Balaban J connectivity index is 5.89. The molecule has 0 spiro atoms. The molecule has 0 atom stereocenters. The Hall–Kier alpha value is 1.00. The first kappa shape index (κ1) is 18.0. The first-order chi connectivity index (χ1) is 7.71. The van der Waals surface area contributed by atoms with Crippen LogP contribution in [-0.2, 0) is 0 Å². The SMILES string of the molecule is CCN(C)P(I)(N(C)C)(N(C)CC)N(C)CC. The number of hydrogen-bond donors (Lipinski definition) is 0. The van der Waals surface area contributed by atoms with E-state index in [-0.39, 0.29) is 0 Å². The van der Waals surface area contributed by atoms with Crippen molar-refractivity contribution < 1.29 is 0 Å². The zero-order chi connectivity index (χ0) is 13.9. The van der Waals surface area contributed by atoms with Gasteiger partial charge in [0.1, 0.15) is 0 Å². The molecule has 0 heterocycles. The summed E-state index contributed by atoms with van der Waals surface area (Å²) in [6.07, 6.45) is 0. The van der Waals surface area contributed by atoms with Crippen LogP contribution in [0.25, 0.3) is 0 Å². The normalized spacial score (nSPS) is 15.9. The molecule has 0 aromatic rings. The summed E-state index contributed by atoms with van der Waals surface area (Å²) in [6, 6.07) is 0. The molecule has 0 aliphatic heterocycles. The Morgan fingerprint density at radius 2 is 0.941 bits per heavy atom. The van der Waals surface area contributed by atoms with Crippen molar-refractivity contribution in [3.63, 3.8) is 0 Å². The predicted octanol–water partition coefficient (Wildman–Crippen LogP) is 2.97. The average Bonchev–Trinajstić information content (AvgIpc) is 2.34. The van der Waals surface area contributed by atoms with Crippen LogP contribution < -0.4 is 0 Å². The van der Waals surface area contributed by atoms with Crippen LogP contribution in [0.1, 0.15) is 20.8 Å². The molecule has 4 nitrogen and oxygen atoms in total. The van der Waals surface area contributed by atoms with Gasteiger partial charge in [0, 0.05) is 0 Å². The summed E-state index contributed by atoms with van der Waals surface area (Å²) < 4.78 is 9.96. The van der Waals surface area contributed by atoms with E-state index in [1.165, 1.54) is 0 Å². The van der Waals surface area contributed by atoms with Gasteiger partial charge in [-0.05, 0) is 0 Å². The Labute approximate surface area is 121 Å². The summed E-state index contributed by atoms with van der Waals surface area (Å²) >= 11 is 2.71. The minimum atomic E-state index is -2.37. The summed E-state index contributed by atoms with van der Waals surface area (Å²) in [5, 5.41) is 0. The van der Waals surface area contributed by atoms with Crippen LogP contribution in [0.5, 0.6) is 0 Å². The maximum atomic E-state index is 2.71. The van der Waals surface area contributed by atoms with Gasteiger partial charge in [-0.2, -0.15) is 0 Å². The van der Waals surface area contributed by atoms with Crippen molar-refractivity contribution in [3.8, 4) is 0 Å². The third-order valence-electron chi connectivity index (χ3n) is 3.82. The van der Waals surface area contributed by atoms with E-state index in [1.807, 2.05) is 0 Å². The van der Waals surface area contributed by atoms with Gasteiger partial charge in [-0.25, -0.2) is 0 Å². The van der Waals surface area contributed by atoms with E-state index in [1.54, 1.807) is 0 Å². The van der Waals surface area contributed by atoms with E-state index in [4.69, 9.17) is 0 Å². The molecular formula is C11H30IN4P. The Bertz CT molecular complexity index is 220. The molecule has 0 radical (unpaired) electrons. The molecule has 0 saturated heterocycles. The van der Waals surface area contributed by atoms with Gasteiger partial charge >= 0.3 is 121 Å². The van der Waals surface area contributed by atoms with Crippen molar-refractivity contribution in [2.75, 3.05) is 54.9 Å². The zero-order valence-corrected chi connectivity index (χ0v) is 15.8. The molecule has 0 aliphatic carbocycles. The summed E-state index contributed by atoms with van der Waals surface area (Å²) in [5.41, 5.74) is 0. The molecule has 106 valence electrons. The topological polar surface area (TPSA) is 13.0 Å². The van der Waals surface area contributed by atoms with Gasteiger partial charge in [0.15, 0.2) is 0 Å². The second kappa shape index (κ2) is 6.44. The van der Waals surface area contributed by atoms with Crippen LogP contribution >= 0.6 is 26.9 Å². The molecule has 0 aliphatic rings.